The number of hydrogen-bond acceptors (Lipinski definition) is 2. The lowest BCUT2D eigenvalue weighted by atomic mass is 9.95. The van der Waals surface area contributed by atoms with Crippen LogP contribution in [0.4, 0.5) is 4.79 Å². The lowest BCUT2D eigenvalue weighted by molar-refractivity contribution is 0.135. The topological polar surface area (TPSA) is 29.5 Å². The summed E-state index contributed by atoms with van der Waals surface area (Å²) in [5, 5.41) is 0. The predicted molar refractivity (Wildman–Crippen MR) is 90.2 cm³/mol. The Bertz CT molecular complexity index is 724. The minimum Gasteiger partial charge on any atom is -0.410 e. The summed E-state index contributed by atoms with van der Waals surface area (Å²) >= 11 is 0. The molecule has 4 rings (SSSR count). The summed E-state index contributed by atoms with van der Waals surface area (Å²) in [5.74, 6) is 0.606. The van der Waals surface area contributed by atoms with Crippen molar-refractivity contribution in [3.63, 3.8) is 0 Å². The highest BCUT2D eigenvalue weighted by Crippen LogP contribution is 2.38. The van der Waals surface area contributed by atoms with Crippen molar-refractivity contribution in [2.24, 2.45) is 0 Å². The number of rotatable bonds is 2. The third-order valence-electron chi connectivity index (χ3n) is 4.70. The van der Waals surface area contributed by atoms with Crippen LogP contribution in [0, 0.1) is 0 Å². The van der Waals surface area contributed by atoms with Crippen LogP contribution in [0.2, 0.25) is 0 Å². The van der Waals surface area contributed by atoms with Gasteiger partial charge in [0.2, 0.25) is 0 Å². The average molecular weight is 305 g/mol. The van der Waals surface area contributed by atoms with E-state index in [4.69, 9.17) is 4.74 Å². The highest BCUT2D eigenvalue weighted by atomic mass is 16.6. The normalized spacial score (nSPS) is 22.6. The van der Waals surface area contributed by atoms with Gasteiger partial charge in [0.05, 0.1) is 6.04 Å². The first-order valence-corrected chi connectivity index (χ1v) is 8.12. The molecule has 2 atom stereocenters. The van der Waals surface area contributed by atoms with Crippen LogP contribution in [-0.4, -0.2) is 23.1 Å². The number of fused-ring (bicyclic) bond motifs is 2. The smallest absolute Gasteiger partial charge is 0.410 e. The molecule has 0 saturated carbocycles. The summed E-state index contributed by atoms with van der Waals surface area (Å²) < 4.78 is 5.53. The number of benzene rings is 2. The van der Waals surface area contributed by atoms with Crippen LogP contribution in [0.1, 0.15) is 24.8 Å². The molecule has 2 aromatic carbocycles. The highest BCUT2D eigenvalue weighted by Gasteiger charge is 2.40. The van der Waals surface area contributed by atoms with E-state index in [0.29, 0.717) is 5.75 Å². The molecule has 116 valence electrons. The number of para-hydroxylation sites is 1. The van der Waals surface area contributed by atoms with Crippen molar-refractivity contribution in [3.05, 3.63) is 72.3 Å². The van der Waals surface area contributed by atoms with Gasteiger partial charge in [-0.05, 0) is 42.5 Å². The molecule has 2 heterocycles. The van der Waals surface area contributed by atoms with Crippen molar-refractivity contribution in [1.29, 1.82) is 0 Å². The number of carbonyl (C=O) groups excluding carboxylic acids is 1. The Morgan fingerprint density at radius 3 is 2.35 bits per heavy atom. The van der Waals surface area contributed by atoms with Gasteiger partial charge in [0.15, 0.2) is 0 Å². The molecule has 2 aromatic rings. The Balaban J connectivity index is 1.54. The van der Waals surface area contributed by atoms with Crippen LogP contribution in [0.5, 0.6) is 5.75 Å². The molecule has 3 nitrogen and oxygen atoms in total. The molecule has 0 aliphatic carbocycles. The first kappa shape index (κ1) is 14.1. The fraction of sp³-hybridized carbons (Fsp3) is 0.250. The molecular weight excluding hydrogens is 286 g/mol. The Morgan fingerprint density at radius 2 is 1.65 bits per heavy atom. The number of ether oxygens (including phenoxy) is 1. The van der Waals surface area contributed by atoms with Crippen LogP contribution < -0.4 is 4.74 Å². The molecule has 1 saturated heterocycles. The summed E-state index contributed by atoms with van der Waals surface area (Å²) in [6, 6.07) is 20.1. The number of hydrogen-bond donors (Lipinski definition) is 0. The van der Waals surface area contributed by atoms with E-state index < -0.39 is 0 Å². The fourth-order valence-electron chi connectivity index (χ4n) is 3.62. The molecule has 0 N–H and O–H groups in total. The Labute approximate surface area is 136 Å². The quantitative estimate of drug-likeness (QED) is 0.817. The van der Waals surface area contributed by atoms with E-state index in [2.05, 4.69) is 30.3 Å². The molecule has 2 aliphatic rings. The summed E-state index contributed by atoms with van der Waals surface area (Å²) in [7, 11) is 0. The molecule has 0 radical (unpaired) electrons. The van der Waals surface area contributed by atoms with E-state index >= 15 is 0 Å². The minimum absolute atomic E-state index is 0.153. The minimum atomic E-state index is -0.230. The van der Waals surface area contributed by atoms with Gasteiger partial charge in [-0.3, -0.25) is 4.90 Å². The van der Waals surface area contributed by atoms with Gasteiger partial charge >= 0.3 is 6.09 Å². The number of amides is 1. The monoisotopic (exact) mass is 305 g/mol. The highest BCUT2D eigenvalue weighted by molar-refractivity contribution is 5.76. The van der Waals surface area contributed by atoms with Crippen molar-refractivity contribution >= 4 is 11.7 Å². The van der Waals surface area contributed by atoms with Crippen LogP contribution in [0.15, 0.2) is 66.7 Å². The molecule has 3 heteroatoms. The van der Waals surface area contributed by atoms with E-state index in [1.807, 2.05) is 41.3 Å². The molecule has 2 aliphatic heterocycles. The maximum atomic E-state index is 12.5. The third kappa shape index (κ3) is 2.74. The van der Waals surface area contributed by atoms with Crippen molar-refractivity contribution in [2.75, 3.05) is 0 Å². The van der Waals surface area contributed by atoms with Gasteiger partial charge in [0, 0.05) is 6.04 Å². The van der Waals surface area contributed by atoms with Crippen molar-refractivity contribution < 1.29 is 9.53 Å². The van der Waals surface area contributed by atoms with Crippen LogP contribution in [0.25, 0.3) is 5.57 Å². The maximum Gasteiger partial charge on any atom is 0.415 e. The lowest BCUT2D eigenvalue weighted by Crippen LogP contribution is -2.44. The largest absolute Gasteiger partial charge is 0.415 e. The standard InChI is InChI=1S/C20H19NO2/c22-20(23-19-9-5-2-6-10-19)21-17-11-12-18(21)14-16(13-17)15-7-3-1-4-8-15/h1-10,13,17-18H,11-12,14H2/t17-,18-/m1/s1. The van der Waals surface area contributed by atoms with Crippen molar-refractivity contribution in [3.8, 4) is 5.75 Å². The number of nitrogens with zero attached hydrogens (tertiary/aromatic N) is 1. The molecule has 1 fully saturated rings. The third-order valence-corrected chi connectivity index (χ3v) is 4.70. The van der Waals surface area contributed by atoms with Crippen LogP contribution >= 0.6 is 0 Å². The van der Waals surface area contributed by atoms with E-state index in [-0.39, 0.29) is 18.2 Å². The van der Waals surface area contributed by atoms with Gasteiger partial charge in [-0.2, -0.15) is 0 Å². The lowest BCUT2D eigenvalue weighted by Gasteiger charge is -2.33. The first-order valence-electron chi connectivity index (χ1n) is 8.12. The van der Waals surface area contributed by atoms with Crippen LogP contribution in [-0.2, 0) is 0 Å². The van der Waals surface area contributed by atoms with Gasteiger partial charge in [-0.15, -0.1) is 0 Å². The van der Waals surface area contributed by atoms with Gasteiger partial charge in [0.25, 0.3) is 0 Å². The summed E-state index contributed by atoms with van der Waals surface area (Å²) in [6.45, 7) is 0. The molecular formula is C20H19NO2. The predicted octanol–water partition coefficient (Wildman–Crippen LogP) is 4.51. The molecule has 0 unspecified atom stereocenters. The van der Waals surface area contributed by atoms with Gasteiger partial charge in [0.1, 0.15) is 5.75 Å². The molecule has 0 spiro atoms. The summed E-state index contributed by atoms with van der Waals surface area (Å²) in [4.78, 5) is 14.5. The van der Waals surface area contributed by atoms with Gasteiger partial charge in [-0.25, -0.2) is 4.79 Å². The van der Waals surface area contributed by atoms with E-state index in [9.17, 15) is 4.79 Å². The number of carbonyl (C=O) groups is 1. The summed E-state index contributed by atoms with van der Waals surface area (Å²) in [6.07, 6.45) is 4.98. The van der Waals surface area contributed by atoms with Gasteiger partial charge < -0.3 is 4.74 Å². The van der Waals surface area contributed by atoms with Crippen molar-refractivity contribution in [1.82, 2.24) is 4.90 Å². The second-order valence-corrected chi connectivity index (χ2v) is 6.15. The SMILES string of the molecule is O=C(Oc1ccccc1)N1[C@@H]2CC[C@@H]1C=C(c1ccccc1)C2. The van der Waals surface area contributed by atoms with Crippen molar-refractivity contribution in [2.45, 2.75) is 31.3 Å². The first-order chi connectivity index (χ1) is 11.3. The Morgan fingerprint density at radius 1 is 0.957 bits per heavy atom. The molecule has 1 amide bonds. The second-order valence-electron chi connectivity index (χ2n) is 6.15. The zero-order valence-electron chi connectivity index (χ0n) is 12.9. The maximum absolute atomic E-state index is 12.5. The molecule has 2 bridgehead atoms. The van der Waals surface area contributed by atoms with E-state index in [1.165, 1.54) is 11.1 Å². The summed E-state index contributed by atoms with van der Waals surface area (Å²) in [5.41, 5.74) is 2.61. The van der Waals surface area contributed by atoms with E-state index in [1.54, 1.807) is 0 Å². The Kier molecular flexibility index (Phi) is 3.62. The van der Waals surface area contributed by atoms with E-state index in [0.717, 1.165) is 19.3 Å². The average Bonchev–Trinajstić information content (AvgIpc) is 2.87. The Hall–Kier alpha value is -2.55. The molecule has 23 heavy (non-hydrogen) atoms. The van der Waals surface area contributed by atoms with Crippen LogP contribution in [0.3, 0.4) is 0 Å². The zero-order chi connectivity index (χ0) is 15.6. The molecule has 0 aromatic heterocycles. The zero-order valence-corrected chi connectivity index (χ0v) is 12.9. The van der Waals surface area contributed by atoms with Gasteiger partial charge in [-0.1, -0.05) is 54.6 Å². The second kappa shape index (κ2) is 5.92. The fourth-order valence-corrected chi connectivity index (χ4v) is 3.62.